The lowest BCUT2D eigenvalue weighted by molar-refractivity contribution is 0.0646. The molecule has 1 aliphatic heterocycles. The average molecular weight is 497 g/mol. The van der Waals surface area contributed by atoms with Gasteiger partial charge in [0, 0.05) is 25.2 Å². The van der Waals surface area contributed by atoms with Crippen LogP contribution in [-0.2, 0) is 26.1 Å². The van der Waals surface area contributed by atoms with Crippen LogP contribution in [0.15, 0.2) is 66.0 Å². The second-order valence-electron chi connectivity index (χ2n) is 8.03. The van der Waals surface area contributed by atoms with Crippen molar-refractivity contribution in [3.8, 4) is 5.75 Å². The van der Waals surface area contributed by atoms with Crippen molar-refractivity contribution in [3.05, 3.63) is 110 Å². The van der Waals surface area contributed by atoms with Crippen LogP contribution in [0.4, 0.5) is 4.39 Å². The van der Waals surface area contributed by atoms with Crippen molar-refractivity contribution < 1.29 is 23.8 Å². The summed E-state index contributed by atoms with van der Waals surface area (Å²) in [6.07, 6.45) is 1.45. The van der Waals surface area contributed by atoms with Gasteiger partial charge in [-0.15, -0.1) is 6.58 Å². The molecule has 1 aliphatic rings. The van der Waals surface area contributed by atoms with Crippen molar-refractivity contribution in [2.45, 2.75) is 26.1 Å². The predicted molar refractivity (Wildman–Crippen MR) is 128 cm³/mol. The first kappa shape index (κ1) is 24.2. The Morgan fingerprint density at radius 2 is 1.89 bits per heavy atom. The standard InChI is InChI=1S/C26H22ClFN2O5/c1-2-6-18-21(26(33)34)30-12-11-29(14-17-9-10-20(28)19(27)13-17)25(32)22(30)24(23(18)31)35-15-16-7-4-3-5-8-16/h2-5,7-10,13H,1,6,11-12,14-15H2,(H,33,34). The predicted octanol–water partition coefficient (Wildman–Crippen LogP) is 4.30. The molecule has 0 unspecified atom stereocenters. The van der Waals surface area contributed by atoms with E-state index in [-0.39, 0.29) is 60.4 Å². The summed E-state index contributed by atoms with van der Waals surface area (Å²) in [5, 5.41) is 9.83. The van der Waals surface area contributed by atoms with Crippen molar-refractivity contribution in [3.63, 3.8) is 0 Å². The van der Waals surface area contributed by atoms with Crippen molar-refractivity contribution >= 4 is 23.5 Å². The Hall–Kier alpha value is -3.91. The highest BCUT2D eigenvalue weighted by molar-refractivity contribution is 6.30. The molecule has 7 nitrogen and oxygen atoms in total. The van der Waals surface area contributed by atoms with Crippen LogP contribution in [0.1, 0.15) is 37.7 Å². The summed E-state index contributed by atoms with van der Waals surface area (Å²) in [5.74, 6) is -2.66. The number of pyridine rings is 1. The summed E-state index contributed by atoms with van der Waals surface area (Å²) in [5.41, 5.74) is 0.328. The molecule has 1 amide bonds. The zero-order valence-corrected chi connectivity index (χ0v) is 19.4. The number of allylic oxidation sites excluding steroid dienone is 1. The average Bonchev–Trinajstić information content (AvgIpc) is 2.84. The Kier molecular flexibility index (Phi) is 7.02. The normalized spacial score (nSPS) is 12.9. The Labute approximate surface area is 205 Å². The summed E-state index contributed by atoms with van der Waals surface area (Å²) >= 11 is 5.88. The second-order valence-corrected chi connectivity index (χ2v) is 8.44. The maximum absolute atomic E-state index is 13.6. The number of nitrogens with zero attached hydrogens (tertiary/aromatic N) is 2. The molecule has 0 radical (unpaired) electrons. The number of carbonyl (C=O) groups is 2. The number of carboxylic acid groups (broad SMARTS) is 1. The molecular formula is C26H22ClFN2O5. The number of halogens is 2. The summed E-state index contributed by atoms with van der Waals surface area (Å²) < 4.78 is 20.8. The van der Waals surface area contributed by atoms with Crippen LogP contribution >= 0.6 is 11.6 Å². The molecule has 1 aromatic heterocycles. The minimum atomic E-state index is -1.32. The fourth-order valence-electron chi connectivity index (χ4n) is 4.11. The molecule has 2 heterocycles. The van der Waals surface area contributed by atoms with Crippen molar-refractivity contribution in [2.24, 2.45) is 0 Å². The first-order chi connectivity index (χ1) is 16.8. The number of hydrogen-bond donors (Lipinski definition) is 1. The van der Waals surface area contributed by atoms with E-state index < -0.39 is 23.1 Å². The van der Waals surface area contributed by atoms with Gasteiger partial charge in [0.2, 0.25) is 5.43 Å². The number of aromatic carboxylic acids is 1. The number of carboxylic acids is 1. The van der Waals surface area contributed by atoms with E-state index in [9.17, 15) is 23.9 Å². The molecule has 2 aromatic carbocycles. The smallest absolute Gasteiger partial charge is 0.352 e. The van der Waals surface area contributed by atoms with Crippen LogP contribution in [0, 0.1) is 5.82 Å². The SMILES string of the molecule is C=CCc1c(C(=O)O)n2c(c(OCc3ccccc3)c1=O)C(=O)N(Cc1ccc(F)c(Cl)c1)CC2. The maximum Gasteiger partial charge on any atom is 0.352 e. The van der Waals surface area contributed by atoms with E-state index in [0.29, 0.717) is 5.56 Å². The lowest BCUT2D eigenvalue weighted by atomic mass is 10.0. The molecule has 4 rings (SSSR count). The molecule has 0 fully saturated rings. The molecule has 3 aromatic rings. The van der Waals surface area contributed by atoms with Crippen LogP contribution in [0.5, 0.6) is 5.75 Å². The summed E-state index contributed by atoms with van der Waals surface area (Å²) in [7, 11) is 0. The van der Waals surface area contributed by atoms with Gasteiger partial charge in [0.05, 0.1) is 5.02 Å². The highest BCUT2D eigenvalue weighted by atomic mass is 35.5. The lowest BCUT2D eigenvalue weighted by Gasteiger charge is -2.32. The van der Waals surface area contributed by atoms with Crippen LogP contribution in [-0.4, -0.2) is 33.0 Å². The molecule has 0 atom stereocenters. The van der Waals surface area contributed by atoms with Gasteiger partial charge in [-0.05, 0) is 29.7 Å². The van der Waals surface area contributed by atoms with Gasteiger partial charge in [-0.2, -0.15) is 0 Å². The van der Waals surface area contributed by atoms with Gasteiger partial charge < -0.3 is 19.3 Å². The molecule has 35 heavy (non-hydrogen) atoms. The third kappa shape index (κ3) is 4.83. The number of carbonyl (C=O) groups excluding carboxylic acids is 1. The molecular weight excluding hydrogens is 475 g/mol. The number of benzene rings is 2. The van der Waals surface area contributed by atoms with Crippen LogP contribution in [0.2, 0.25) is 5.02 Å². The van der Waals surface area contributed by atoms with E-state index in [1.165, 1.54) is 33.7 Å². The highest BCUT2D eigenvalue weighted by Crippen LogP contribution is 2.27. The number of amides is 1. The highest BCUT2D eigenvalue weighted by Gasteiger charge is 2.35. The maximum atomic E-state index is 13.6. The molecule has 9 heteroatoms. The van der Waals surface area contributed by atoms with Crippen molar-refractivity contribution in [2.75, 3.05) is 6.54 Å². The molecule has 0 saturated heterocycles. The zero-order chi connectivity index (χ0) is 25.1. The van der Waals surface area contributed by atoms with E-state index in [1.807, 2.05) is 30.3 Å². The Morgan fingerprint density at radius 3 is 2.54 bits per heavy atom. The molecule has 0 saturated carbocycles. The van der Waals surface area contributed by atoms with Crippen LogP contribution in [0.25, 0.3) is 0 Å². The van der Waals surface area contributed by atoms with Crippen molar-refractivity contribution in [1.82, 2.24) is 9.47 Å². The number of aromatic nitrogens is 1. The third-order valence-electron chi connectivity index (χ3n) is 5.74. The molecule has 0 aliphatic carbocycles. The summed E-state index contributed by atoms with van der Waals surface area (Å²) in [4.78, 5) is 40.6. The number of fused-ring (bicyclic) bond motifs is 1. The number of ether oxygens (including phenoxy) is 1. The molecule has 0 bridgehead atoms. The summed E-state index contributed by atoms with van der Waals surface area (Å²) in [6.45, 7) is 4.05. The van der Waals surface area contributed by atoms with Gasteiger partial charge in [-0.25, -0.2) is 9.18 Å². The zero-order valence-electron chi connectivity index (χ0n) is 18.7. The monoisotopic (exact) mass is 496 g/mol. The molecule has 0 spiro atoms. The number of hydrogen-bond acceptors (Lipinski definition) is 4. The van der Waals surface area contributed by atoms with Crippen LogP contribution < -0.4 is 10.2 Å². The van der Waals surface area contributed by atoms with Gasteiger partial charge in [-0.1, -0.05) is 54.1 Å². The van der Waals surface area contributed by atoms with E-state index in [1.54, 1.807) is 0 Å². The van der Waals surface area contributed by atoms with Gasteiger partial charge in [-0.3, -0.25) is 9.59 Å². The Balaban J connectivity index is 1.80. The van der Waals surface area contributed by atoms with Gasteiger partial charge in [0.1, 0.15) is 18.1 Å². The minimum absolute atomic E-state index is 0.00544. The van der Waals surface area contributed by atoms with Gasteiger partial charge in [0.15, 0.2) is 11.4 Å². The van der Waals surface area contributed by atoms with Gasteiger partial charge >= 0.3 is 5.97 Å². The van der Waals surface area contributed by atoms with E-state index >= 15 is 0 Å². The van der Waals surface area contributed by atoms with Crippen molar-refractivity contribution in [1.29, 1.82) is 0 Å². The third-order valence-corrected chi connectivity index (χ3v) is 6.03. The fourth-order valence-corrected chi connectivity index (χ4v) is 4.31. The van der Waals surface area contributed by atoms with Gasteiger partial charge in [0.25, 0.3) is 5.91 Å². The van der Waals surface area contributed by atoms with E-state index in [0.717, 1.165) is 5.56 Å². The summed E-state index contributed by atoms with van der Waals surface area (Å²) in [6, 6.07) is 13.2. The quantitative estimate of drug-likeness (QED) is 0.470. The van der Waals surface area contributed by atoms with E-state index in [4.69, 9.17) is 16.3 Å². The largest absolute Gasteiger partial charge is 0.483 e. The Morgan fingerprint density at radius 1 is 1.14 bits per heavy atom. The first-order valence-electron chi connectivity index (χ1n) is 10.9. The molecule has 180 valence electrons. The van der Waals surface area contributed by atoms with Crippen LogP contribution in [0.3, 0.4) is 0 Å². The number of rotatable bonds is 8. The topological polar surface area (TPSA) is 88.8 Å². The second kappa shape index (κ2) is 10.1. The first-order valence-corrected chi connectivity index (χ1v) is 11.2. The van der Waals surface area contributed by atoms with E-state index in [2.05, 4.69) is 6.58 Å². The molecule has 1 N–H and O–H groups in total. The Bertz CT molecular complexity index is 1370. The fraction of sp³-hybridized carbons (Fsp3) is 0.192. The lowest BCUT2D eigenvalue weighted by Crippen LogP contribution is -2.44. The minimum Gasteiger partial charge on any atom is -0.483 e.